The summed E-state index contributed by atoms with van der Waals surface area (Å²) >= 11 is 0. The predicted molar refractivity (Wildman–Crippen MR) is 299 cm³/mol. The molecule has 0 aliphatic carbocycles. The van der Waals surface area contributed by atoms with Crippen molar-refractivity contribution in [2.45, 2.75) is 90.0 Å². The van der Waals surface area contributed by atoms with Gasteiger partial charge in [-0.2, -0.15) is 0 Å². The molecule has 0 saturated carbocycles. The smallest absolute Gasteiger partial charge is 0.199 e. The van der Waals surface area contributed by atoms with E-state index in [1.54, 1.807) is 6.08 Å². The van der Waals surface area contributed by atoms with E-state index in [1.807, 2.05) is 105 Å². The number of benzene rings is 6. The molecule has 13 heteroatoms. The molecule has 1 N–H and O–H groups in total. The Hall–Kier alpha value is -7.03. The first-order valence-electron chi connectivity index (χ1n) is 27.4. The lowest BCUT2D eigenvalue weighted by molar-refractivity contribution is -0.106. The third kappa shape index (κ3) is 13.7. The van der Waals surface area contributed by atoms with Crippen molar-refractivity contribution in [1.82, 2.24) is 4.90 Å². The Morgan fingerprint density at radius 1 is 0.544 bits per heavy atom. The minimum absolute atomic E-state index is 0.0439. The average molecular weight is 1080 g/mol. The van der Waals surface area contributed by atoms with Gasteiger partial charge in [0.15, 0.2) is 12.6 Å². The maximum absolute atomic E-state index is 14.4. The van der Waals surface area contributed by atoms with E-state index >= 15 is 0 Å². The summed E-state index contributed by atoms with van der Waals surface area (Å²) in [7, 11) is 0. The lowest BCUT2D eigenvalue weighted by Crippen LogP contribution is -2.34. The van der Waals surface area contributed by atoms with Gasteiger partial charge in [0.25, 0.3) is 0 Å². The van der Waals surface area contributed by atoms with Gasteiger partial charge in [0.2, 0.25) is 0 Å². The van der Waals surface area contributed by atoms with Crippen LogP contribution < -0.4 is 18.9 Å². The van der Waals surface area contributed by atoms with Crippen molar-refractivity contribution >= 4 is 34.4 Å². The molecule has 79 heavy (non-hydrogen) atoms. The van der Waals surface area contributed by atoms with Crippen LogP contribution in [0.3, 0.4) is 0 Å². The Labute approximate surface area is 459 Å². The molecule has 412 valence electrons. The van der Waals surface area contributed by atoms with Crippen molar-refractivity contribution < 1.29 is 55.5 Å². The van der Waals surface area contributed by atoms with Gasteiger partial charge in [0, 0.05) is 65.9 Å². The second-order valence-corrected chi connectivity index (χ2v) is 20.8. The fourth-order valence-electron chi connectivity index (χ4n) is 11.0. The molecule has 3 saturated heterocycles. The van der Waals surface area contributed by atoms with Crippen LogP contribution in [0.25, 0.3) is 34.4 Å². The first kappa shape index (κ1) is 55.3. The maximum atomic E-state index is 14.4. The zero-order chi connectivity index (χ0) is 54.8. The van der Waals surface area contributed by atoms with Crippen LogP contribution >= 0.6 is 0 Å². The quantitative estimate of drug-likeness (QED) is 0.108. The molecule has 3 fully saturated rings. The molecule has 0 aromatic heterocycles. The van der Waals surface area contributed by atoms with E-state index in [0.717, 1.165) is 133 Å². The van der Waals surface area contributed by atoms with Gasteiger partial charge in [-0.15, -0.1) is 0 Å². The number of allylic oxidation sites excluding steroid dienone is 2. The highest BCUT2D eigenvalue weighted by Gasteiger charge is 2.33. The lowest BCUT2D eigenvalue weighted by atomic mass is 9.86. The molecule has 8 nitrogen and oxygen atoms in total. The van der Waals surface area contributed by atoms with Gasteiger partial charge >= 0.3 is 0 Å². The van der Waals surface area contributed by atoms with Gasteiger partial charge in [-0.25, -0.2) is 17.6 Å². The van der Waals surface area contributed by atoms with Gasteiger partial charge in [-0.1, -0.05) is 72.8 Å². The number of fused-ring (bicyclic) bond motifs is 2. The summed E-state index contributed by atoms with van der Waals surface area (Å²) in [6.07, 6.45) is 13.7. The van der Waals surface area contributed by atoms with Crippen molar-refractivity contribution in [2.75, 3.05) is 46.1 Å². The number of nitrogens with zero attached hydrogens (tertiary/aromatic N) is 1. The molecule has 5 heterocycles. The highest BCUT2D eigenvalue weighted by molar-refractivity contribution is 5.97. The highest BCUT2D eigenvalue weighted by atomic mass is 19.1. The van der Waals surface area contributed by atoms with Crippen molar-refractivity contribution in [3.63, 3.8) is 0 Å². The lowest BCUT2D eigenvalue weighted by Gasteiger charge is -2.32. The predicted octanol–water partition coefficient (Wildman–Crippen LogP) is 15.6. The molecule has 4 unspecified atom stereocenters. The fourth-order valence-corrected chi connectivity index (χ4v) is 11.0. The Balaban J connectivity index is 0.000000181. The largest absolute Gasteiger partial charge is 0.480 e. The molecular formula is C66H66F5NO7. The number of hydrogen-bond acceptors (Lipinski definition) is 8. The summed E-state index contributed by atoms with van der Waals surface area (Å²) in [4.78, 5) is 2.35. The van der Waals surface area contributed by atoms with Crippen molar-refractivity contribution in [2.24, 2.45) is 5.92 Å². The van der Waals surface area contributed by atoms with Crippen molar-refractivity contribution in [1.29, 1.82) is 0 Å². The molecule has 5 aliphatic rings. The van der Waals surface area contributed by atoms with Crippen LogP contribution in [0.4, 0.5) is 22.0 Å². The van der Waals surface area contributed by atoms with Gasteiger partial charge in [0.1, 0.15) is 58.5 Å². The normalized spacial score (nSPS) is 20.8. The van der Waals surface area contributed by atoms with Crippen LogP contribution in [-0.4, -0.2) is 68.7 Å². The average Bonchev–Trinajstić information content (AvgIpc) is 3.64. The van der Waals surface area contributed by atoms with E-state index in [9.17, 15) is 22.0 Å². The van der Waals surface area contributed by atoms with Crippen LogP contribution in [0.2, 0.25) is 0 Å². The summed E-state index contributed by atoms with van der Waals surface area (Å²) < 4.78 is 107. The minimum Gasteiger partial charge on any atom is -0.480 e. The molecule has 0 bridgehead atoms. The Bertz CT molecular complexity index is 3150. The standard InChI is InChI=1S/C36H38F3NO3.C30H28F2O4/c1-24-32-12-11-31(42-34-6-2-3-18-41-34)22-33(32)43-36(35(24)28-19-29(38)21-30(39)20-28)27-9-7-25(8-10-27)5-4-15-40-16-13-26(23-37)14-17-40;1-19-26-12-11-25(35-28-6-2-3-14-34-28)18-27(26)36-30(21-9-7-20(8-10-21)5-4-13-33)29(19)22-15-23(31)17-24(32)16-22/h4-5,7-12,19-22,26,34,36H,2-3,6,13-18,23H2,1H3;4-5,7-12,15-18,28,30,33H,2-3,6,13-14H2,1H3/b2*5-4+. The molecule has 0 spiro atoms. The van der Waals surface area contributed by atoms with E-state index in [0.29, 0.717) is 52.9 Å². The summed E-state index contributed by atoms with van der Waals surface area (Å²) in [5, 5.41) is 9.05. The third-order valence-corrected chi connectivity index (χ3v) is 15.2. The van der Waals surface area contributed by atoms with Crippen LogP contribution in [0.15, 0.2) is 133 Å². The summed E-state index contributed by atoms with van der Waals surface area (Å²) in [5.41, 5.74) is 9.41. The Morgan fingerprint density at radius 3 is 1.39 bits per heavy atom. The van der Waals surface area contributed by atoms with E-state index in [1.165, 1.54) is 24.3 Å². The number of hydrogen-bond donors (Lipinski definition) is 1. The molecule has 11 rings (SSSR count). The van der Waals surface area contributed by atoms with Crippen LogP contribution in [0, 0.1) is 29.2 Å². The molecular weight excluding hydrogens is 1010 g/mol. The second-order valence-electron chi connectivity index (χ2n) is 20.8. The Kier molecular flexibility index (Phi) is 18.1. The zero-order valence-corrected chi connectivity index (χ0v) is 44.6. The first-order chi connectivity index (χ1) is 38.5. The van der Waals surface area contributed by atoms with Gasteiger partial charge in [-0.3, -0.25) is 9.29 Å². The molecule has 5 aliphatic heterocycles. The Morgan fingerprint density at radius 2 is 0.987 bits per heavy atom. The SMILES string of the molecule is CC1=C(c2cc(F)cc(F)c2)C(c2ccc(/C=C/CN3CCC(CF)CC3)cc2)Oc2cc(OC3CCCCO3)ccc21.CC1=C(c2cc(F)cc(F)c2)C(c2ccc(/C=C/CO)cc2)Oc2cc(OC3CCCCO3)ccc21. The number of aliphatic hydroxyl groups excluding tert-OH is 1. The number of aliphatic hydroxyl groups is 1. The van der Waals surface area contributed by atoms with Crippen LogP contribution in [0.1, 0.15) is 122 Å². The van der Waals surface area contributed by atoms with Crippen LogP contribution in [0.5, 0.6) is 23.0 Å². The van der Waals surface area contributed by atoms with Gasteiger partial charge in [-0.05, 0) is 164 Å². The summed E-state index contributed by atoms with van der Waals surface area (Å²) in [5.74, 6) is 0.247. The first-order valence-corrected chi connectivity index (χ1v) is 27.4. The van der Waals surface area contributed by atoms with E-state index in [-0.39, 0.29) is 31.8 Å². The maximum Gasteiger partial charge on any atom is 0.199 e. The summed E-state index contributed by atoms with van der Waals surface area (Å²) in [6.45, 7) is 7.69. The monoisotopic (exact) mass is 1080 g/mol. The molecule has 6 aromatic carbocycles. The van der Waals surface area contributed by atoms with Crippen molar-refractivity contribution in [3.05, 3.63) is 201 Å². The van der Waals surface area contributed by atoms with Crippen molar-refractivity contribution in [3.8, 4) is 23.0 Å². The minimum atomic E-state index is -0.643. The van der Waals surface area contributed by atoms with E-state index in [2.05, 4.69) is 17.1 Å². The number of likely N-dealkylation sites (tertiary alicyclic amines) is 1. The van der Waals surface area contributed by atoms with E-state index in [4.69, 9.17) is 33.5 Å². The van der Waals surface area contributed by atoms with Gasteiger partial charge in [0.05, 0.1) is 26.5 Å². The molecule has 4 atom stereocenters. The zero-order valence-electron chi connectivity index (χ0n) is 44.6. The van der Waals surface area contributed by atoms with E-state index < -0.39 is 35.5 Å². The highest BCUT2D eigenvalue weighted by Crippen LogP contribution is 2.50. The number of alkyl halides is 1. The second kappa shape index (κ2) is 25.8. The van der Waals surface area contributed by atoms with Gasteiger partial charge < -0.3 is 33.5 Å². The third-order valence-electron chi connectivity index (χ3n) is 15.2. The topological polar surface area (TPSA) is 78.9 Å². The molecule has 0 amide bonds. The number of halogens is 5. The number of piperidine rings is 1. The fraction of sp³-hybridized carbons (Fsp3) is 0.333. The van der Waals surface area contributed by atoms with Crippen LogP contribution in [-0.2, 0) is 9.47 Å². The number of rotatable bonds is 14. The molecule has 0 radical (unpaired) electrons. The molecule has 6 aromatic rings. The number of ether oxygens (including phenoxy) is 6. The summed E-state index contributed by atoms with van der Waals surface area (Å²) in [6, 6.07) is 34.2.